The van der Waals surface area contributed by atoms with Gasteiger partial charge in [-0.15, -0.1) is 0 Å². The molecule has 0 radical (unpaired) electrons. The minimum Gasteiger partial charge on any atom is -0.457 e. The van der Waals surface area contributed by atoms with Crippen LogP contribution in [0.4, 0.5) is 0 Å². The first kappa shape index (κ1) is 18.8. The molecule has 29 heavy (non-hydrogen) atoms. The number of para-hydroxylation sites is 1. The topological polar surface area (TPSA) is 72.4 Å². The first-order chi connectivity index (χ1) is 14.2. The Bertz CT molecular complexity index is 975. The van der Waals surface area contributed by atoms with Crippen molar-refractivity contribution in [3.63, 3.8) is 0 Å². The summed E-state index contributed by atoms with van der Waals surface area (Å²) in [6.07, 6.45) is 6.05. The van der Waals surface area contributed by atoms with Gasteiger partial charge in [0, 0.05) is 37.0 Å². The van der Waals surface area contributed by atoms with Gasteiger partial charge in [-0.2, -0.15) is 0 Å². The molecule has 3 aromatic rings. The third-order valence-electron chi connectivity index (χ3n) is 4.98. The van der Waals surface area contributed by atoms with Gasteiger partial charge in [0.05, 0.1) is 6.20 Å². The molecule has 0 aliphatic carbocycles. The number of ether oxygens (including phenoxy) is 1. The maximum absolute atomic E-state index is 13.0. The molecule has 0 N–H and O–H groups in total. The molecule has 1 atom stereocenters. The molecule has 0 saturated carbocycles. The van der Waals surface area contributed by atoms with E-state index >= 15 is 0 Å². The molecule has 0 unspecified atom stereocenters. The number of Topliss-reactive ketones (excluding diaryl/α,β-unsaturated/α-hetero) is 1. The lowest BCUT2D eigenvalue weighted by Crippen LogP contribution is -2.42. The van der Waals surface area contributed by atoms with Gasteiger partial charge in [0.1, 0.15) is 17.2 Å². The molecule has 6 nitrogen and oxygen atoms in total. The van der Waals surface area contributed by atoms with Crippen LogP contribution in [0.3, 0.4) is 0 Å². The van der Waals surface area contributed by atoms with Crippen LogP contribution in [0.2, 0.25) is 0 Å². The number of carbonyl (C=O) groups excluding carboxylic acids is 2. The summed E-state index contributed by atoms with van der Waals surface area (Å²) in [5.41, 5.74) is 0.937. The van der Waals surface area contributed by atoms with Gasteiger partial charge in [-0.05, 0) is 49.2 Å². The van der Waals surface area contributed by atoms with E-state index < -0.39 is 0 Å². The van der Waals surface area contributed by atoms with Crippen molar-refractivity contribution >= 4 is 11.7 Å². The third kappa shape index (κ3) is 4.48. The second kappa shape index (κ2) is 8.65. The van der Waals surface area contributed by atoms with Gasteiger partial charge in [0.2, 0.25) is 0 Å². The Morgan fingerprint density at radius 3 is 2.45 bits per heavy atom. The molecule has 1 aromatic heterocycles. The van der Waals surface area contributed by atoms with Gasteiger partial charge in [-0.1, -0.05) is 18.2 Å². The Kier molecular flexibility index (Phi) is 5.61. The number of rotatable bonds is 5. The van der Waals surface area contributed by atoms with Crippen LogP contribution in [-0.2, 0) is 0 Å². The van der Waals surface area contributed by atoms with E-state index in [1.165, 1.54) is 18.6 Å². The van der Waals surface area contributed by atoms with E-state index in [1.807, 2.05) is 30.3 Å². The predicted octanol–water partition coefficient (Wildman–Crippen LogP) is 4.00. The largest absolute Gasteiger partial charge is 0.457 e. The molecular formula is C23H21N3O3. The lowest BCUT2D eigenvalue weighted by atomic mass is 9.90. The lowest BCUT2D eigenvalue weighted by Gasteiger charge is -2.31. The van der Waals surface area contributed by atoms with Crippen molar-refractivity contribution in [1.82, 2.24) is 14.9 Å². The zero-order chi connectivity index (χ0) is 20.1. The molecule has 1 aliphatic rings. The molecule has 1 aliphatic heterocycles. The minimum atomic E-state index is -0.217. The Morgan fingerprint density at radius 2 is 1.72 bits per heavy atom. The van der Waals surface area contributed by atoms with E-state index in [4.69, 9.17) is 4.74 Å². The van der Waals surface area contributed by atoms with Crippen molar-refractivity contribution in [2.75, 3.05) is 13.1 Å². The summed E-state index contributed by atoms with van der Waals surface area (Å²) in [5.74, 6) is 1.08. The zero-order valence-electron chi connectivity index (χ0n) is 15.9. The van der Waals surface area contributed by atoms with E-state index in [0.29, 0.717) is 30.1 Å². The first-order valence-corrected chi connectivity index (χ1v) is 9.63. The minimum absolute atomic E-state index is 0.0490. The second-order valence-corrected chi connectivity index (χ2v) is 6.98. The SMILES string of the molecule is O=C(c1ccc(Oc2ccccc2)cc1)[C@H]1CCCN(C(=O)c2cnccn2)C1. The number of aromatic nitrogens is 2. The summed E-state index contributed by atoms with van der Waals surface area (Å²) in [7, 11) is 0. The number of carbonyl (C=O) groups is 2. The highest BCUT2D eigenvalue weighted by atomic mass is 16.5. The van der Waals surface area contributed by atoms with Crippen molar-refractivity contribution in [2.24, 2.45) is 5.92 Å². The molecule has 0 bridgehead atoms. The maximum atomic E-state index is 13.0. The quantitative estimate of drug-likeness (QED) is 0.619. The molecule has 4 rings (SSSR count). The van der Waals surface area contributed by atoms with E-state index in [-0.39, 0.29) is 17.6 Å². The van der Waals surface area contributed by atoms with Crippen LogP contribution < -0.4 is 4.74 Å². The van der Waals surface area contributed by atoms with Crippen LogP contribution in [-0.4, -0.2) is 39.6 Å². The number of hydrogen-bond acceptors (Lipinski definition) is 5. The van der Waals surface area contributed by atoms with E-state index in [0.717, 1.165) is 18.6 Å². The maximum Gasteiger partial charge on any atom is 0.274 e. The number of ketones is 1. The van der Waals surface area contributed by atoms with E-state index in [9.17, 15) is 9.59 Å². The summed E-state index contributed by atoms with van der Waals surface area (Å²) in [4.78, 5) is 35.3. The number of piperidine rings is 1. The van der Waals surface area contributed by atoms with Crippen molar-refractivity contribution in [3.05, 3.63) is 84.4 Å². The van der Waals surface area contributed by atoms with E-state index in [1.54, 1.807) is 29.2 Å². The zero-order valence-corrected chi connectivity index (χ0v) is 15.9. The molecular weight excluding hydrogens is 366 g/mol. The van der Waals surface area contributed by atoms with Gasteiger partial charge in [0.25, 0.3) is 5.91 Å². The Hall–Kier alpha value is -3.54. The second-order valence-electron chi connectivity index (χ2n) is 6.98. The number of nitrogens with zero attached hydrogens (tertiary/aromatic N) is 3. The number of amides is 1. The molecule has 6 heteroatoms. The van der Waals surface area contributed by atoms with E-state index in [2.05, 4.69) is 9.97 Å². The number of benzene rings is 2. The molecule has 0 spiro atoms. The van der Waals surface area contributed by atoms with Crippen LogP contribution >= 0.6 is 0 Å². The highest BCUT2D eigenvalue weighted by Gasteiger charge is 2.30. The third-order valence-corrected chi connectivity index (χ3v) is 4.98. The van der Waals surface area contributed by atoms with Crippen molar-refractivity contribution in [1.29, 1.82) is 0 Å². The normalized spacial score (nSPS) is 16.3. The molecule has 2 aromatic carbocycles. The van der Waals surface area contributed by atoms with Crippen LogP contribution in [0.25, 0.3) is 0 Å². The van der Waals surface area contributed by atoms with Crippen molar-refractivity contribution in [3.8, 4) is 11.5 Å². The summed E-state index contributed by atoms with van der Waals surface area (Å²) >= 11 is 0. The fraction of sp³-hybridized carbons (Fsp3) is 0.217. The van der Waals surface area contributed by atoms with Gasteiger partial charge in [0.15, 0.2) is 5.78 Å². The predicted molar refractivity (Wildman–Crippen MR) is 108 cm³/mol. The summed E-state index contributed by atoms with van der Waals surface area (Å²) in [5, 5.41) is 0. The lowest BCUT2D eigenvalue weighted by molar-refractivity contribution is 0.0631. The van der Waals surface area contributed by atoms with Gasteiger partial charge in [-0.25, -0.2) is 4.98 Å². The molecule has 146 valence electrons. The molecule has 2 heterocycles. The van der Waals surface area contributed by atoms with Gasteiger partial charge < -0.3 is 9.64 Å². The van der Waals surface area contributed by atoms with Crippen LogP contribution in [0, 0.1) is 5.92 Å². The monoisotopic (exact) mass is 387 g/mol. The Morgan fingerprint density at radius 1 is 0.966 bits per heavy atom. The Balaban J connectivity index is 1.41. The van der Waals surface area contributed by atoms with Crippen molar-refractivity contribution < 1.29 is 14.3 Å². The molecule has 1 amide bonds. The van der Waals surface area contributed by atoms with Gasteiger partial charge in [-0.3, -0.25) is 14.6 Å². The van der Waals surface area contributed by atoms with Crippen LogP contribution in [0.1, 0.15) is 33.7 Å². The fourth-order valence-corrected chi connectivity index (χ4v) is 3.49. The van der Waals surface area contributed by atoms with Crippen LogP contribution in [0.15, 0.2) is 73.2 Å². The average Bonchev–Trinajstić information content (AvgIpc) is 2.80. The smallest absolute Gasteiger partial charge is 0.274 e. The standard InChI is InChI=1S/C23H21N3O3/c27-22(17-8-10-20(11-9-17)29-19-6-2-1-3-7-19)18-5-4-14-26(16-18)23(28)21-15-24-12-13-25-21/h1-3,6-13,15,18H,4-5,14,16H2/t18-/m0/s1. The number of likely N-dealkylation sites (tertiary alicyclic amines) is 1. The molecule has 1 fully saturated rings. The highest BCUT2D eigenvalue weighted by Crippen LogP contribution is 2.25. The summed E-state index contributed by atoms with van der Waals surface area (Å²) in [6, 6.07) is 16.7. The summed E-state index contributed by atoms with van der Waals surface area (Å²) < 4.78 is 5.78. The Labute approximate surface area is 169 Å². The number of hydrogen-bond donors (Lipinski definition) is 0. The van der Waals surface area contributed by atoms with Crippen molar-refractivity contribution in [2.45, 2.75) is 12.8 Å². The fourth-order valence-electron chi connectivity index (χ4n) is 3.49. The van der Waals surface area contributed by atoms with Gasteiger partial charge >= 0.3 is 0 Å². The first-order valence-electron chi connectivity index (χ1n) is 9.63. The summed E-state index contributed by atoms with van der Waals surface area (Å²) in [6.45, 7) is 1.03. The highest BCUT2D eigenvalue weighted by molar-refractivity contribution is 5.99. The van der Waals surface area contributed by atoms with Crippen LogP contribution in [0.5, 0.6) is 11.5 Å². The molecule has 1 saturated heterocycles. The average molecular weight is 387 g/mol.